The number of aryl methyl sites for hydroxylation is 1. The second kappa shape index (κ2) is 6.15. The largest absolute Gasteiger partial charge is 0.350 e. The molecule has 21 heavy (non-hydrogen) atoms. The molecule has 1 N–H and O–H groups in total. The van der Waals surface area contributed by atoms with E-state index in [1.54, 1.807) is 25.1 Å². The molecule has 0 saturated carbocycles. The molecule has 0 aliphatic carbocycles. The van der Waals surface area contributed by atoms with Crippen LogP contribution in [0.2, 0.25) is 10.0 Å². The molecule has 1 aliphatic heterocycles. The third-order valence-corrected chi connectivity index (χ3v) is 6.07. The third kappa shape index (κ3) is 4.59. The van der Waals surface area contributed by atoms with E-state index in [2.05, 4.69) is 5.32 Å². The maximum absolute atomic E-state index is 12.0. The topological polar surface area (TPSA) is 63.2 Å². The molecule has 1 aromatic carbocycles. The summed E-state index contributed by atoms with van der Waals surface area (Å²) in [6.07, 6.45) is 1.21. The van der Waals surface area contributed by atoms with Gasteiger partial charge in [-0.3, -0.25) is 4.79 Å². The molecule has 1 atom stereocenters. The summed E-state index contributed by atoms with van der Waals surface area (Å²) in [7, 11) is -3.03. The fourth-order valence-corrected chi connectivity index (χ4v) is 5.08. The highest BCUT2D eigenvalue weighted by atomic mass is 35.5. The lowest BCUT2D eigenvalue weighted by molar-refractivity contribution is -0.122. The molecular weight excluding hydrogens is 333 g/mol. The number of amides is 1. The zero-order valence-corrected chi connectivity index (χ0v) is 14.0. The van der Waals surface area contributed by atoms with Crippen LogP contribution in [0.25, 0.3) is 0 Å². The Morgan fingerprint density at radius 1 is 1.38 bits per heavy atom. The second-order valence-corrected chi connectivity index (χ2v) is 8.71. The molecule has 1 aromatic rings. The lowest BCUT2D eigenvalue weighted by Gasteiger charge is -2.23. The summed E-state index contributed by atoms with van der Waals surface area (Å²) < 4.78 is 23.0. The normalized spacial score (nSPS) is 24.0. The van der Waals surface area contributed by atoms with Crippen LogP contribution in [0.1, 0.15) is 25.3 Å². The van der Waals surface area contributed by atoms with Gasteiger partial charge in [0, 0.05) is 16.5 Å². The third-order valence-electron chi connectivity index (χ3n) is 3.58. The van der Waals surface area contributed by atoms with Crippen molar-refractivity contribution in [3.8, 4) is 0 Å². The van der Waals surface area contributed by atoms with Gasteiger partial charge in [0.2, 0.25) is 5.91 Å². The van der Waals surface area contributed by atoms with E-state index in [9.17, 15) is 13.2 Å². The highest BCUT2D eigenvalue weighted by Crippen LogP contribution is 2.24. The highest BCUT2D eigenvalue weighted by Gasteiger charge is 2.39. The quantitative estimate of drug-likeness (QED) is 0.908. The SMILES string of the molecule is CC1(NC(=O)CCc2ccc(Cl)cc2Cl)CCS(=O)(=O)C1. The van der Waals surface area contributed by atoms with Crippen LogP contribution in [0.4, 0.5) is 0 Å². The molecule has 2 rings (SSSR count). The number of sulfone groups is 1. The Kier molecular flexibility index (Phi) is 4.85. The maximum Gasteiger partial charge on any atom is 0.220 e. The molecule has 0 radical (unpaired) electrons. The average molecular weight is 350 g/mol. The molecule has 0 bridgehead atoms. The van der Waals surface area contributed by atoms with E-state index in [0.717, 1.165) is 5.56 Å². The molecular formula is C14H17Cl2NO3S. The number of hydrogen-bond acceptors (Lipinski definition) is 3. The van der Waals surface area contributed by atoms with Crippen LogP contribution in [-0.4, -0.2) is 31.4 Å². The molecule has 1 aliphatic rings. The molecule has 0 spiro atoms. The van der Waals surface area contributed by atoms with Gasteiger partial charge in [0.25, 0.3) is 0 Å². The molecule has 116 valence electrons. The number of halogens is 2. The standard InChI is InChI=1S/C14H17Cl2NO3S/c1-14(6-7-21(19,20)9-14)17-13(18)5-3-10-2-4-11(15)8-12(10)16/h2,4,8H,3,5-7,9H2,1H3,(H,17,18). The summed E-state index contributed by atoms with van der Waals surface area (Å²) in [5.41, 5.74) is 0.195. The molecule has 1 fully saturated rings. The highest BCUT2D eigenvalue weighted by molar-refractivity contribution is 7.91. The molecule has 0 aromatic heterocycles. The van der Waals surface area contributed by atoms with Crippen molar-refractivity contribution in [2.45, 2.75) is 31.7 Å². The smallest absolute Gasteiger partial charge is 0.220 e. The van der Waals surface area contributed by atoms with Crippen LogP contribution in [0.5, 0.6) is 0 Å². The van der Waals surface area contributed by atoms with Gasteiger partial charge in [-0.05, 0) is 37.5 Å². The van der Waals surface area contributed by atoms with E-state index in [1.807, 2.05) is 0 Å². The van der Waals surface area contributed by atoms with Gasteiger partial charge in [-0.15, -0.1) is 0 Å². The van der Waals surface area contributed by atoms with Crippen LogP contribution in [-0.2, 0) is 21.1 Å². The van der Waals surface area contributed by atoms with Crippen LogP contribution in [0.3, 0.4) is 0 Å². The minimum Gasteiger partial charge on any atom is -0.350 e. The molecule has 1 amide bonds. The first-order valence-electron chi connectivity index (χ1n) is 6.65. The second-order valence-electron chi connectivity index (χ2n) is 5.69. The summed E-state index contributed by atoms with van der Waals surface area (Å²) in [6.45, 7) is 1.77. The van der Waals surface area contributed by atoms with Crippen LogP contribution >= 0.6 is 23.2 Å². The van der Waals surface area contributed by atoms with E-state index in [0.29, 0.717) is 22.9 Å². The lowest BCUT2D eigenvalue weighted by atomic mass is 10.0. The number of nitrogens with one attached hydrogen (secondary N) is 1. The van der Waals surface area contributed by atoms with Crippen molar-refractivity contribution in [1.82, 2.24) is 5.32 Å². The van der Waals surface area contributed by atoms with Gasteiger partial charge in [-0.2, -0.15) is 0 Å². The first kappa shape index (κ1) is 16.6. The van der Waals surface area contributed by atoms with Gasteiger partial charge in [-0.25, -0.2) is 8.42 Å². The van der Waals surface area contributed by atoms with Crippen molar-refractivity contribution in [2.75, 3.05) is 11.5 Å². The number of carbonyl (C=O) groups excluding carboxylic acids is 1. The Balaban J connectivity index is 1.91. The fourth-order valence-electron chi connectivity index (χ4n) is 2.48. The molecule has 7 heteroatoms. The van der Waals surface area contributed by atoms with Crippen LogP contribution in [0, 0.1) is 0 Å². The predicted octanol–water partition coefficient (Wildman–Crippen LogP) is 2.62. The van der Waals surface area contributed by atoms with Crippen molar-refractivity contribution in [2.24, 2.45) is 0 Å². The van der Waals surface area contributed by atoms with Gasteiger partial charge in [0.1, 0.15) is 0 Å². The van der Waals surface area contributed by atoms with E-state index < -0.39 is 15.4 Å². The zero-order chi connectivity index (χ0) is 15.7. The van der Waals surface area contributed by atoms with Gasteiger partial charge in [0.15, 0.2) is 9.84 Å². The van der Waals surface area contributed by atoms with E-state index in [4.69, 9.17) is 23.2 Å². The summed E-state index contributed by atoms with van der Waals surface area (Å²) in [5.74, 6) is -0.0270. The monoisotopic (exact) mass is 349 g/mol. The van der Waals surface area contributed by atoms with E-state index in [1.165, 1.54) is 0 Å². The lowest BCUT2D eigenvalue weighted by Crippen LogP contribution is -2.47. The van der Waals surface area contributed by atoms with Crippen LogP contribution in [0.15, 0.2) is 18.2 Å². The maximum atomic E-state index is 12.0. The van der Waals surface area contributed by atoms with Gasteiger partial charge in [-0.1, -0.05) is 29.3 Å². The first-order valence-corrected chi connectivity index (χ1v) is 9.22. The van der Waals surface area contributed by atoms with Gasteiger partial charge in [0.05, 0.1) is 17.0 Å². The van der Waals surface area contributed by atoms with Crippen LogP contribution < -0.4 is 5.32 Å². The van der Waals surface area contributed by atoms with Gasteiger partial charge < -0.3 is 5.32 Å². The minimum absolute atomic E-state index is 0.00738. The van der Waals surface area contributed by atoms with Crippen molar-refractivity contribution in [3.05, 3.63) is 33.8 Å². The van der Waals surface area contributed by atoms with E-state index >= 15 is 0 Å². The van der Waals surface area contributed by atoms with Gasteiger partial charge >= 0.3 is 0 Å². The Hall–Kier alpha value is -0.780. The van der Waals surface area contributed by atoms with Crippen molar-refractivity contribution >= 4 is 38.9 Å². The van der Waals surface area contributed by atoms with E-state index in [-0.39, 0.29) is 23.8 Å². The summed E-state index contributed by atoms with van der Waals surface area (Å²) >= 11 is 11.9. The summed E-state index contributed by atoms with van der Waals surface area (Å²) in [5, 5.41) is 3.91. The molecule has 1 saturated heterocycles. The Morgan fingerprint density at radius 3 is 2.67 bits per heavy atom. The molecule has 1 unspecified atom stereocenters. The molecule has 4 nitrogen and oxygen atoms in total. The summed E-state index contributed by atoms with van der Waals surface area (Å²) in [6, 6.07) is 5.16. The number of hydrogen-bond donors (Lipinski definition) is 1. The summed E-state index contributed by atoms with van der Waals surface area (Å²) in [4.78, 5) is 12.0. The predicted molar refractivity (Wildman–Crippen MR) is 84.6 cm³/mol. The fraction of sp³-hybridized carbons (Fsp3) is 0.500. The zero-order valence-electron chi connectivity index (χ0n) is 11.7. The first-order chi connectivity index (χ1) is 9.69. The Labute approximate surface area is 134 Å². The Morgan fingerprint density at radius 2 is 2.10 bits per heavy atom. The number of rotatable bonds is 4. The minimum atomic E-state index is -3.03. The molecule has 1 heterocycles. The van der Waals surface area contributed by atoms with Crippen molar-refractivity contribution in [1.29, 1.82) is 0 Å². The van der Waals surface area contributed by atoms with Crippen molar-refractivity contribution < 1.29 is 13.2 Å². The number of carbonyl (C=O) groups is 1. The Bertz CT molecular complexity index is 660. The average Bonchev–Trinajstić information content (AvgIpc) is 2.62. The number of benzene rings is 1. The van der Waals surface area contributed by atoms with Crippen molar-refractivity contribution in [3.63, 3.8) is 0 Å².